The van der Waals surface area contributed by atoms with Gasteiger partial charge >= 0.3 is 0 Å². The maximum atomic E-state index is 10.8. The second kappa shape index (κ2) is 6.74. The highest BCUT2D eigenvalue weighted by molar-refractivity contribution is 5.59. The second-order valence-corrected chi connectivity index (χ2v) is 4.62. The van der Waals surface area contributed by atoms with E-state index in [1.54, 1.807) is 12.1 Å². The predicted molar refractivity (Wildman–Crippen MR) is 75.2 cm³/mol. The number of anilines is 1. The third kappa shape index (κ3) is 3.68. The summed E-state index contributed by atoms with van der Waals surface area (Å²) in [4.78, 5) is 12.4. The first-order chi connectivity index (χ1) is 9.03. The first-order valence-electron chi connectivity index (χ1n) is 6.46. The van der Waals surface area contributed by atoms with E-state index in [4.69, 9.17) is 5.26 Å². The molecule has 19 heavy (non-hydrogen) atoms. The minimum Gasteiger partial charge on any atom is -0.372 e. The average molecular weight is 261 g/mol. The number of benzene rings is 1. The van der Waals surface area contributed by atoms with Gasteiger partial charge in [0.15, 0.2) is 0 Å². The Bertz CT molecular complexity index is 494. The molecule has 5 nitrogen and oxygen atoms in total. The molecule has 0 amide bonds. The van der Waals surface area contributed by atoms with Gasteiger partial charge in [-0.25, -0.2) is 0 Å². The molecule has 0 aliphatic carbocycles. The minimum absolute atomic E-state index is 0.116. The quantitative estimate of drug-likeness (QED) is 0.581. The molecular formula is C14H19N3O2. The third-order valence-corrected chi connectivity index (χ3v) is 3.27. The van der Waals surface area contributed by atoms with Crippen LogP contribution in [0.1, 0.15) is 32.8 Å². The molecule has 1 atom stereocenters. The van der Waals surface area contributed by atoms with Crippen LogP contribution >= 0.6 is 0 Å². The summed E-state index contributed by atoms with van der Waals surface area (Å²) in [6.45, 7) is 8.03. The van der Waals surface area contributed by atoms with Gasteiger partial charge in [-0.3, -0.25) is 10.1 Å². The van der Waals surface area contributed by atoms with E-state index < -0.39 is 4.92 Å². The van der Waals surface area contributed by atoms with Crippen LogP contribution in [0.3, 0.4) is 0 Å². The van der Waals surface area contributed by atoms with Crippen molar-refractivity contribution in [1.82, 2.24) is 0 Å². The Balaban J connectivity index is 3.06. The van der Waals surface area contributed by atoms with Gasteiger partial charge in [0, 0.05) is 24.8 Å². The topological polar surface area (TPSA) is 70.2 Å². The van der Waals surface area contributed by atoms with Crippen molar-refractivity contribution in [3.05, 3.63) is 33.9 Å². The molecule has 1 aromatic rings. The van der Waals surface area contributed by atoms with Crippen molar-refractivity contribution in [2.24, 2.45) is 5.92 Å². The summed E-state index contributed by atoms with van der Waals surface area (Å²) in [5, 5.41) is 19.8. The number of hydrogen-bond acceptors (Lipinski definition) is 4. The fourth-order valence-corrected chi connectivity index (χ4v) is 1.89. The first kappa shape index (κ1) is 15.0. The molecule has 0 spiro atoms. The average Bonchev–Trinajstić information content (AvgIpc) is 2.43. The molecule has 1 aromatic carbocycles. The van der Waals surface area contributed by atoms with E-state index in [1.165, 1.54) is 6.07 Å². The lowest BCUT2D eigenvalue weighted by atomic mass is 10.1. The molecule has 0 saturated carbocycles. The molecule has 0 fully saturated rings. The molecule has 0 aromatic heterocycles. The van der Waals surface area contributed by atoms with E-state index >= 15 is 0 Å². The van der Waals surface area contributed by atoms with E-state index in [-0.39, 0.29) is 11.3 Å². The highest BCUT2D eigenvalue weighted by atomic mass is 16.6. The first-order valence-corrected chi connectivity index (χ1v) is 6.46. The van der Waals surface area contributed by atoms with Gasteiger partial charge in [-0.15, -0.1) is 0 Å². The molecule has 102 valence electrons. The van der Waals surface area contributed by atoms with Gasteiger partial charge in [0.2, 0.25) is 0 Å². The van der Waals surface area contributed by atoms with Crippen LogP contribution in [0.25, 0.3) is 0 Å². The Kier molecular flexibility index (Phi) is 5.31. The number of nitriles is 1. The zero-order valence-electron chi connectivity index (χ0n) is 11.6. The van der Waals surface area contributed by atoms with Crippen LogP contribution in [0, 0.1) is 27.4 Å². The van der Waals surface area contributed by atoms with E-state index in [2.05, 4.69) is 18.7 Å². The Labute approximate surface area is 113 Å². The van der Waals surface area contributed by atoms with Gasteiger partial charge in [-0.1, -0.05) is 20.3 Å². The highest BCUT2D eigenvalue weighted by Gasteiger charge is 2.16. The van der Waals surface area contributed by atoms with Crippen molar-refractivity contribution in [3.8, 4) is 6.07 Å². The van der Waals surface area contributed by atoms with Gasteiger partial charge < -0.3 is 4.90 Å². The second-order valence-electron chi connectivity index (χ2n) is 4.62. The van der Waals surface area contributed by atoms with Gasteiger partial charge in [0.25, 0.3) is 5.69 Å². The molecule has 5 heteroatoms. The monoisotopic (exact) mass is 261 g/mol. The van der Waals surface area contributed by atoms with Gasteiger partial charge in [-0.2, -0.15) is 5.26 Å². The van der Waals surface area contributed by atoms with E-state index in [9.17, 15) is 10.1 Å². The summed E-state index contributed by atoms with van der Waals surface area (Å²) in [6, 6.07) is 6.62. The smallest absolute Gasteiger partial charge is 0.287 e. The summed E-state index contributed by atoms with van der Waals surface area (Å²) in [6.07, 6.45) is 1.08. The van der Waals surface area contributed by atoms with Crippen molar-refractivity contribution in [1.29, 1.82) is 5.26 Å². The molecule has 0 aliphatic rings. The Morgan fingerprint density at radius 1 is 1.47 bits per heavy atom. The lowest BCUT2D eigenvalue weighted by Crippen LogP contribution is -2.28. The third-order valence-electron chi connectivity index (χ3n) is 3.27. The van der Waals surface area contributed by atoms with Crippen molar-refractivity contribution >= 4 is 11.4 Å². The van der Waals surface area contributed by atoms with Crippen molar-refractivity contribution < 1.29 is 4.92 Å². The molecular weight excluding hydrogens is 242 g/mol. The fourth-order valence-electron chi connectivity index (χ4n) is 1.89. The molecule has 0 radical (unpaired) electrons. The Morgan fingerprint density at radius 2 is 2.16 bits per heavy atom. The minimum atomic E-state index is -0.521. The van der Waals surface area contributed by atoms with Crippen LogP contribution in [0.15, 0.2) is 18.2 Å². The summed E-state index contributed by atoms with van der Waals surface area (Å²) in [5.74, 6) is 0.542. The molecule has 0 saturated heterocycles. The standard InChI is InChI=1S/C14H19N3O2/c1-4-11(3)10-16(5-2)13-6-7-14(17(18)19)12(8-13)9-15/h6-8,11H,4-5,10H2,1-3H3. The molecule has 0 aliphatic heterocycles. The van der Waals surface area contributed by atoms with Crippen molar-refractivity contribution in [3.63, 3.8) is 0 Å². The van der Waals surface area contributed by atoms with Crippen LogP contribution in [0.4, 0.5) is 11.4 Å². The Morgan fingerprint density at radius 3 is 2.63 bits per heavy atom. The SMILES string of the molecule is CCC(C)CN(CC)c1ccc([N+](=O)[O-])c(C#N)c1. The zero-order valence-corrected chi connectivity index (χ0v) is 11.6. The molecule has 0 bridgehead atoms. The number of hydrogen-bond donors (Lipinski definition) is 0. The number of nitrogens with zero attached hydrogens (tertiary/aromatic N) is 3. The van der Waals surface area contributed by atoms with E-state index in [0.29, 0.717) is 5.92 Å². The molecule has 1 unspecified atom stereocenters. The summed E-state index contributed by atoms with van der Waals surface area (Å²) >= 11 is 0. The molecule has 1 rings (SSSR count). The van der Waals surface area contributed by atoms with Crippen LogP contribution in [0.5, 0.6) is 0 Å². The van der Waals surface area contributed by atoms with Crippen LogP contribution in [-0.2, 0) is 0 Å². The van der Waals surface area contributed by atoms with E-state index in [0.717, 1.165) is 25.2 Å². The van der Waals surface area contributed by atoms with Gasteiger partial charge in [-0.05, 0) is 25.0 Å². The zero-order chi connectivity index (χ0) is 14.4. The largest absolute Gasteiger partial charge is 0.372 e. The maximum absolute atomic E-state index is 10.8. The maximum Gasteiger partial charge on any atom is 0.287 e. The lowest BCUT2D eigenvalue weighted by Gasteiger charge is -2.26. The highest BCUT2D eigenvalue weighted by Crippen LogP contribution is 2.25. The molecule has 0 N–H and O–H groups in total. The Hall–Kier alpha value is -2.09. The molecule has 0 heterocycles. The van der Waals surface area contributed by atoms with Crippen LogP contribution < -0.4 is 4.90 Å². The summed E-state index contributed by atoms with van der Waals surface area (Å²) < 4.78 is 0. The van der Waals surface area contributed by atoms with Gasteiger partial charge in [0.05, 0.1) is 4.92 Å². The lowest BCUT2D eigenvalue weighted by molar-refractivity contribution is -0.385. The van der Waals surface area contributed by atoms with Gasteiger partial charge in [0.1, 0.15) is 11.6 Å². The number of nitro groups is 1. The van der Waals surface area contributed by atoms with Crippen LogP contribution in [0.2, 0.25) is 0 Å². The summed E-state index contributed by atoms with van der Waals surface area (Å²) in [7, 11) is 0. The van der Waals surface area contributed by atoms with Crippen molar-refractivity contribution in [2.75, 3.05) is 18.0 Å². The number of nitro benzene ring substituents is 1. The summed E-state index contributed by atoms with van der Waals surface area (Å²) in [5.41, 5.74) is 0.848. The fraction of sp³-hybridized carbons (Fsp3) is 0.500. The van der Waals surface area contributed by atoms with Crippen molar-refractivity contribution in [2.45, 2.75) is 27.2 Å². The number of rotatable bonds is 6. The predicted octanol–water partition coefficient (Wildman–Crippen LogP) is 3.34. The van der Waals surface area contributed by atoms with Crippen LogP contribution in [-0.4, -0.2) is 18.0 Å². The normalized spacial score (nSPS) is 11.7. The van der Waals surface area contributed by atoms with E-state index in [1.807, 2.05) is 13.0 Å².